The van der Waals surface area contributed by atoms with Crippen LogP contribution < -0.4 is 9.47 Å². The zero-order valence-corrected chi connectivity index (χ0v) is 21.3. The van der Waals surface area contributed by atoms with E-state index in [1.165, 1.54) is 12.0 Å². The number of amides is 1. The molecule has 1 unspecified atom stereocenters. The summed E-state index contributed by atoms with van der Waals surface area (Å²) in [6.07, 6.45) is 0. The van der Waals surface area contributed by atoms with Gasteiger partial charge in [-0.1, -0.05) is 42.5 Å². The van der Waals surface area contributed by atoms with E-state index in [0.717, 1.165) is 11.1 Å². The van der Waals surface area contributed by atoms with Crippen molar-refractivity contribution in [2.45, 2.75) is 26.5 Å². The van der Waals surface area contributed by atoms with Crippen LogP contribution in [0.3, 0.4) is 0 Å². The first-order valence-electron chi connectivity index (χ1n) is 12.2. The van der Waals surface area contributed by atoms with Crippen LogP contribution in [0.1, 0.15) is 35.2 Å². The lowest BCUT2D eigenvalue weighted by Crippen LogP contribution is -2.32. The maximum atomic E-state index is 13.2. The largest absolute Gasteiger partial charge is 0.507 e. The lowest BCUT2D eigenvalue weighted by Gasteiger charge is -2.25. The summed E-state index contributed by atoms with van der Waals surface area (Å²) >= 11 is 0. The quantitative estimate of drug-likeness (QED) is 0.238. The van der Waals surface area contributed by atoms with Crippen LogP contribution in [0.4, 0.5) is 0 Å². The Labute approximate surface area is 216 Å². The Morgan fingerprint density at radius 1 is 0.973 bits per heavy atom. The molecule has 0 saturated carbocycles. The fourth-order valence-corrected chi connectivity index (χ4v) is 4.40. The predicted molar refractivity (Wildman–Crippen MR) is 140 cm³/mol. The van der Waals surface area contributed by atoms with Gasteiger partial charge in [0.05, 0.1) is 24.8 Å². The second kappa shape index (κ2) is 11.8. The van der Waals surface area contributed by atoms with E-state index < -0.39 is 17.7 Å². The number of carbonyl (C=O) groups excluding carboxylic acids is 2. The number of methoxy groups -OCH3 is 1. The van der Waals surface area contributed by atoms with Crippen LogP contribution >= 0.6 is 0 Å². The van der Waals surface area contributed by atoms with E-state index in [1.807, 2.05) is 56.3 Å². The Morgan fingerprint density at radius 3 is 2.35 bits per heavy atom. The van der Waals surface area contributed by atoms with Crippen LogP contribution in [0.25, 0.3) is 5.76 Å². The summed E-state index contributed by atoms with van der Waals surface area (Å²) in [5, 5.41) is 11.3. The lowest BCUT2D eigenvalue weighted by atomic mass is 9.94. The van der Waals surface area contributed by atoms with Crippen molar-refractivity contribution in [3.8, 4) is 11.5 Å². The van der Waals surface area contributed by atoms with Gasteiger partial charge in [0.15, 0.2) is 0 Å². The van der Waals surface area contributed by atoms with Crippen molar-refractivity contribution in [1.29, 1.82) is 0 Å². The minimum Gasteiger partial charge on any atom is -0.507 e. The highest BCUT2D eigenvalue weighted by Gasteiger charge is 2.45. The number of aliphatic hydroxyl groups is 1. The van der Waals surface area contributed by atoms with Crippen LogP contribution in [-0.4, -0.2) is 48.6 Å². The Hall–Kier alpha value is -4.10. The van der Waals surface area contributed by atoms with Crippen LogP contribution in [-0.2, 0) is 20.9 Å². The standard InChI is InChI=1S/C30H31NO6/c1-4-36-25-15-12-23(18-20(25)2)28(32)26-27(31(16-17-35-3)30(34)29(26)33)22-10-13-24(14-11-22)37-19-21-8-6-5-7-9-21/h5-15,18,27,32H,4,16-17,19H2,1-3H3/b28-26-. The van der Waals surface area contributed by atoms with Crippen molar-refractivity contribution in [2.75, 3.05) is 26.9 Å². The van der Waals surface area contributed by atoms with Gasteiger partial charge in [0.25, 0.3) is 11.7 Å². The number of benzene rings is 3. The van der Waals surface area contributed by atoms with Gasteiger partial charge in [-0.25, -0.2) is 0 Å². The second-order valence-corrected chi connectivity index (χ2v) is 8.74. The summed E-state index contributed by atoms with van der Waals surface area (Å²) in [6.45, 7) is 5.16. The Balaban J connectivity index is 1.68. The SMILES string of the molecule is CCOc1ccc(/C(O)=C2/C(=O)C(=O)N(CCOC)C2c2ccc(OCc3ccccc3)cc2)cc1C. The van der Waals surface area contributed by atoms with Gasteiger partial charge < -0.3 is 24.2 Å². The third-order valence-corrected chi connectivity index (χ3v) is 6.27. The Bertz CT molecular complexity index is 1280. The zero-order valence-electron chi connectivity index (χ0n) is 21.3. The molecule has 7 heteroatoms. The van der Waals surface area contributed by atoms with Crippen LogP contribution in [0.15, 0.2) is 78.4 Å². The highest BCUT2D eigenvalue weighted by atomic mass is 16.5. The number of Topliss-reactive ketones (excluding diaryl/α,β-unsaturated/α-hetero) is 1. The van der Waals surface area contributed by atoms with E-state index in [-0.39, 0.29) is 24.5 Å². The number of aryl methyl sites for hydroxylation is 1. The summed E-state index contributed by atoms with van der Waals surface area (Å²) in [5.74, 6) is -0.269. The fourth-order valence-electron chi connectivity index (χ4n) is 4.40. The molecule has 1 amide bonds. The van der Waals surface area contributed by atoms with Crippen molar-refractivity contribution < 1.29 is 28.9 Å². The summed E-state index contributed by atoms with van der Waals surface area (Å²) < 4.78 is 16.7. The molecule has 192 valence electrons. The van der Waals surface area contributed by atoms with Gasteiger partial charge in [-0.2, -0.15) is 0 Å². The molecule has 4 rings (SSSR count). The number of likely N-dealkylation sites (tertiary alicyclic amines) is 1. The van der Waals surface area contributed by atoms with E-state index in [9.17, 15) is 14.7 Å². The maximum absolute atomic E-state index is 13.2. The topological polar surface area (TPSA) is 85.3 Å². The molecule has 1 aliphatic rings. The first-order chi connectivity index (χ1) is 17.9. The molecule has 7 nitrogen and oxygen atoms in total. The van der Waals surface area contributed by atoms with Crippen LogP contribution in [0.2, 0.25) is 0 Å². The van der Waals surface area contributed by atoms with Crippen molar-refractivity contribution in [3.05, 3.63) is 101 Å². The van der Waals surface area contributed by atoms with E-state index >= 15 is 0 Å². The normalized spacial score (nSPS) is 16.7. The molecule has 0 aromatic heterocycles. The molecule has 1 fully saturated rings. The van der Waals surface area contributed by atoms with Gasteiger partial charge in [0.2, 0.25) is 0 Å². The Morgan fingerprint density at radius 2 is 1.70 bits per heavy atom. The monoisotopic (exact) mass is 501 g/mol. The minimum atomic E-state index is -0.759. The molecule has 3 aromatic rings. The molecular weight excluding hydrogens is 470 g/mol. The lowest BCUT2D eigenvalue weighted by molar-refractivity contribution is -0.140. The molecule has 0 spiro atoms. The first-order valence-corrected chi connectivity index (χ1v) is 12.2. The van der Waals surface area contributed by atoms with Gasteiger partial charge in [-0.15, -0.1) is 0 Å². The van der Waals surface area contributed by atoms with Crippen LogP contribution in [0.5, 0.6) is 11.5 Å². The molecule has 3 aromatic carbocycles. The molecular formula is C30H31NO6. The fraction of sp³-hybridized carbons (Fsp3) is 0.267. The third-order valence-electron chi connectivity index (χ3n) is 6.27. The van der Waals surface area contributed by atoms with Gasteiger partial charge in [-0.05, 0) is 60.9 Å². The summed E-state index contributed by atoms with van der Waals surface area (Å²) in [5.41, 5.74) is 3.04. The van der Waals surface area contributed by atoms with Crippen LogP contribution in [0, 0.1) is 6.92 Å². The summed E-state index contributed by atoms with van der Waals surface area (Å²) in [6, 6.07) is 21.5. The van der Waals surface area contributed by atoms with Gasteiger partial charge in [-0.3, -0.25) is 9.59 Å². The minimum absolute atomic E-state index is 0.0441. The number of carbonyl (C=O) groups is 2. The summed E-state index contributed by atoms with van der Waals surface area (Å²) in [7, 11) is 1.53. The van der Waals surface area contributed by atoms with Gasteiger partial charge in [0, 0.05) is 19.2 Å². The van der Waals surface area contributed by atoms with Crippen molar-refractivity contribution in [3.63, 3.8) is 0 Å². The molecule has 1 heterocycles. The highest BCUT2D eigenvalue weighted by Crippen LogP contribution is 2.40. The molecule has 1 N–H and O–H groups in total. The molecule has 0 bridgehead atoms. The number of aliphatic hydroxyl groups excluding tert-OH is 1. The molecule has 0 radical (unpaired) electrons. The van der Waals surface area contributed by atoms with E-state index in [2.05, 4.69) is 0 Å². The number of nitrogens with zero attached hydrogens (tertiary/aromatic N) is 1. The third kappa shape index (κ3) is 5.67. The number of ketones is 1. The highest BCUT2D eigenvalue weighted by molar-refractivity contribution is 6.46. The van der Waals surface area contributed by atoms with Crippen molar-refractivity contribution in [1.82, 2.24) is 4.90 Å². The first kappa shape index (κ1) is 26.0. The number of ether oxygens (including phenoxy) is 3. The predicted octanol–water partition coefficient (Wildman–Crippen LogP) is 5.04. The number of hydrogen-bond donors (Lipinski definition) is 1. The molecule has 1 atom stereocenters. The van der Waals surface area contributed by atoms with Crippen molar-refractivity contribution >= 4 is 17.4 Å². The van der Waals surface area contributed by atoms with Gasteiger partial charge in [0.1, 0.15) is 23.9 Å². The van der Waals surface area contributed by atoms with E-state index in [0.29, 0.717) is 35.8 Å². The average molecular weight is 502 g/mol. The van der Waals surface area contributed by atoms with Gasteiger partial charge >= 0.3 is 0 Å². The van der Waals surface area contributed by atoms with Crippen molar-refractivity contribution in [2.24, 2.45) is 0 Å². The Kier molecular flexibility index (Phi) is 8.25. The van der Waals surface area contributed by atoms with E-state index in [1.54, 1.807) is 30.3 Å². The molecule has 1 saturated heterocycles. The molecule has 0 aliphatic carbocycles. The summed E-state index contributed by atoms with van der Waals surface area (Å²) in [4.78, 5) is 27.6. The molecule has 37 heavy (non-hydrogen) atoms. The zero-order chi connectivity index (χ0) is 26.4. The number of hydrogen-bond acceptors (Lipinski definition) is 6. The van der Waals surface area contributed by atoms with E-state index in [4.69, 9.17) is 14.2 Å². The average Bonchev–Trinajstić information content (AvgIpc) is 3.17. The second-order valence-electron chi connectivity index (χ2n) is 8.74. The molecule has 1 aliphatic heterocycles. The maximum Gasteiger partial charge on any atom is 0.295 e. The smallest absolute Gasteiger partial charge is 0.295 e. The number of rotatable bonds is 10.